The molecule has 0 saturated heterocycles. The third-order valence-corrected chi connectivity index (χ3v) is 4.91. The lowest BCUT2D eigenvalue weighted by Crippen LogP contribution is -2.22. The number of para-hydroxylation sites is 1. The van der Waals surface area contributed by atoms with E-state index >= 15 is 0 Å². The molecule has 1 aromatic heterocycles. The van der Waals surface area contributed by atoms with Crippen molar-refractivity contribution in [1.82, 2.24) is 0 Å². The highest BCUT2D eigenvalue weighted by molar-refractivity contribution is 6.05. The minimum atomic E-state index is -0.518. The van der Waals surface area contributed by atoms with Gasteiger partial charge in [0.25, 0.3) is 5.91 Å². The summed E-state index contributed by atoms with van der Waals surface area (Å²) in [5.41, 5.74) is 10.1. The molecule has 31 heavy (non-hydrogen) atoms. The highest BCUT2D eigenvalue weighted by Crippen LogP contribution is 2.19. The number of aryl methyl sites for hydroxylation is 2. The molecular weight excluding hydrogens is 390 g/mol. The van der Waals surface area contributed by atoms with E-state index < -0.39 is 5.91 Å². The standard InChI is InChI=1S/C25H21N3O3/c1-15-7-12-21(16(2)13-15)28-24(30)20-14-18-5-3-4-6-22(18)31-25(20)27-19-10-8-17(9-11-19)23(26)29/h3-14H,1-2H3,(H2,26,29)(H,28,30). The number of fused-ring (bicyclic) bond motifs is 1. The van der Waals surface area contributed by atoms with Crippen LogP contribution in [0, 0.1) is 13.8 Å². The van der Waals surface area contributed by atoms with Crippen LogP contribution in [-0.4, -0.2) is 11.8 Å². The quantitative estimate of drug-likeness (QED) is 0.512. The number of carbonyl (C=O) groups is 2. The predicted octanol–water partition coefficient (Wildman–Crippen LogP) is 4.63. The number of rotatable bonds is 4. The zero-order chi connectivity index (χ0) is 22.0. The maximum absolute atomic E-state index is 13.2. The largest absolute Gasteiger partial charge is 0.438 e. The van der Waals surface area contributed by atoms with Crippen LogP contribution in [0.3, 0.4) is 0 Å². The smallest absolute Gasteiger partial charge is 0.261 e. The molecule has 1 heterocycles. The van der Waals surface area contributed by atoms with E-state index in [0.29, 0.717) is 22.4 Å². The summed E-state index contributed by atoms with van der Waals surface area (Å²) >= 11 is 0. The molecule has 4 rings (SSSR count). The molecule has 0 unspecified atom stereocenters. The average molecular weight is 411 g/mol. The molecule has 154 valence electrons. The first-order valence-electron chi connectivity index (χ1n) is 9.77. The molecule has 2 amide bonds. The van der Waals surface area contributed by atoms with Crippen LogP contribution in [0.1, 0.15) is 31.8 Å². The van der Waals surface area contributed by atoms with E-state index in [1.165, 1.54) is 0 Å². The molecular formula is C25H21N3O3. The monoisotopic (exact) mass is 411 g/mol. The van der Waals surface area contributed by atoms with Crippen LogP contribution in [0.25, 0.3) is 11.0 Å². The SMILES string of the molecule is Cc1ccc(NC(=O)c2cc3ccccc3oc2=Nc2ccc(C(N)=O)cc2)c(C)c1. The topological polar surface area (TPSA) is 97.7 Å². The van der Waals surface area contributed by atoms with E-state index in [1.807, 2.05) is 56.3 Å². The second kappa shape index (κ2) is 8.28. The number of amides is 2. The third kappa shape index (κ3) is 4.38. The predicted molar refractivity (Wildman–Crippen MR) is 120 cm³/mol. The summed E-state index contributed by atoms with van der Waals surface area (Å²) < 4.78 is 5.96. The summed E-state index contributed by atoms with van der Waals surface area (Å²) in [6, 6.07) is 21.5. The number of nitrogens with zero attached hydrogens (tertiary/aromatic N) is 1. The maximum atomic E-state index is 13.2. The molecule has 0 bridgehead atoms. The van der Waals surface area contributed by atoms with Crippen molar-refractivity contribution in [3.63, 3.8) is 0 Å². The van der Waals surface area contributed by atoms with Gasteiger partial charge in [0.05, 0.1) is 5.69 Å². The lowest BCUT2D eigenvalue weighted by Gasteiger charge is -2.10. The molecule has 3 N–H and O–H groups in total. The Morgan fingerprint density at radius 1 is 0.935 bits per heavy atom. The molecule has 0 atom stereocenters. The van der Waals surface area contributed by atoms with Crippen LogP contribution in [0.2, 0.25) is 0 Å². The zero-order valence-electron chi connectivity index (χ0n) is 17.2. The fraction of sp³-hybridized carbons (Fsp3) is 0.0800. The van der Waals surface area contributed by atoms with Crippen LogP contribution in [0.4, 0.5) is 11.4 Å². The number of nitrogens with two attached hydrogens (primary N) is 1. The molecule has 6 nitrogen and oxygen atoms in total. The number of nitrogens with one attached hydrogen (secondary N) is 1. The molecule has 0 saturated carbocycles. The highest BCUT2D eigenvalue weighted by atomic mass is 16.3. The van der Waals surface area contributed by atoms with Crippen molar-refractivity contribution in [3.05, 3.63) is 101 Å². The van der Waals surface area contributed by atoms with Gasteiger partial charge in [0.2, 0.25) is 11.5 Å². The number of primary amides is 1. The van der Waals surface area contributed by atoms with E-state index in [1.54, 1.807) is 30.3 Å². The Bertz CT molecular complexity index is 1370. The van der Waals surface area contributed by atoms with Crippen LogP contribution in [-0.2, 0) is 0 Å². The first-order valence-corrected chi connectivity index (χ1v) is 9.77. The second-order valence-corrected chi connectivity index (χ2v) is 7.30. The summed E-state index contributed by atoms with van der Waals surface area (Å²) in [4.78, 5) is 29.0. The normalized spacial score (nSPS) is 11.5. The number of benzene rings is 3. The minimum Gasteiger partial charge on any atom is -0.438 e. The van der Waals surface area contributed by atoms with Crippen molar-refractivity contribution in [2.24, 2.45) is 10.7 Å². The summed E-state index contributed by atoms with van der Waals surface area (Å²) in [5, 5.41) is 3.74. The number of hydrogen-bond donors (Lipinski definition) is 2. The molecule has 0 radical (unpaired) electrons. The first kappa shape index (κ1) is 20.1. The van der Waals surface area contributed by atoms with Gasteiger partial charge in [-0.3, -0.25) is 9.59 Å². The molecule has 0 aliphatic rings. The third-order valence-electron chi connectivity index (χ3n) is 4.91. The van der Waals surface area contributed by atoms with Crippen LogP contribution < -0.4 is 16.6 Å². The van der Waals surface area contributed by atoms with Crippen LogP contribution in [0.5, 0.6) is 0 Å². The molecule has 3 aromatic carbocycles. The van der Waals surface area contributed by atoms with Gasteiger partial charge in [-0.1, -0.05) is 35.9 Å². The van der Waals surface area contributed by atoms with Crippen molar-refractivity contribution < 1.29 is 14.0 Å². The van der Waals surface area contributed by atoms with E-state index in [0.717, 1.165) is 22.2 Å². The fourth-order valence-electron chi connectivity index (χ4n) is 3.28. The second-order valence-electron chi connectivity index (χ2n) is 7.30. The average Bonchev–Trinajstić information content (AvgIpc) is 2.75. The molecule has 0 fully saturated rings. The van der Waals surface area contributed by atoms with Gasteiger partial charge in [-0.25, -0.2) is 4.99 Å². The molecule has 0 aliphatic carbocycles. The number of carbonyl (C=O) groups excluding carboxylic acids is 2. The van der Waals surface area contributed by atoms with Gasteiger partial charge >= 0.3 is 0 Å². The maximum Gasteiger partial charge on any atom is 0.261 e. The number of anilines is 1. The van der Waals surface area contributed by atoms with E-state index in [-0.39, 0.29) is 11.5 Å². The van der Waals surface area contributed by atoms with Crippen molar-refractivity contribution in [2.75, 3.05) is 5.32 Å². The van der Waals surface area contributed by atoms with Crippen molar-refractivity contribution >= 4 is 34.2 Å². The van der Waals surface area contributed by atoms with Gasteiger partial charge in [0.15, 0.2) is 0 Å². The summed E-state index contributed by atoms with van der Waals surface area (Å²) in [5.74, 6) is -0.843. The van der Waals surface area contributed by atoms with Crippen molar-refractivity contribution in [2.45, 2.75) is 13.8 Å². The highest BCUT2D eigenvalue weighted by Gasteiger charge is 2.14. The van der Waals surface area contributed by atoms with Crippen LogP contribution >= 0.6 is 0 Å². The van der Waals surface area contributed by atoms with Gasteiger partial charge in [0.1, 0.15) is 11.1 Å². The lowest BCUT2D eigenvalue weighted by molar-refractivity contribution is 0.0997. The van der Waals surface area contributed by atoms with Crippen LogP contribution in [0.15, 0.2) is 82.2 Å². The van der Waals surface area contributed by atoms with Gasteiger partial charge in [-0.05, 0) is 61.9 Å². The van der Waals surface area contributed by atoms with Crippen molar-refractivity contribution in [3.8, 4) is 0 Å². The number of hydrogen-bond acceptors (Lipinski definition) is 4. The molecule has 4 aromatic rings. The van der Waals surface area contributed by atoms with Crippen molar-refractivity contribution in [1.29, 1.82) is 0 Å². The first-order chi connectivity index (χ1) is 14.9. The molecule has 0 spiro atoms. The molecule has 0 aliphatic heterocycles. The summed E-state index contributed by atoms with van der Waals surface area (Å²) in [7, 11) is 0. The van der Waals surface area contributed by atoms with E-state index in [9.17, 15) is 9.59 Å². The Kier molecular flexibility index (Phi) is 5.37. The lowest BCUT2D eigenvalue weighted by atomic mass is 10.1. The Hall–Kier alpha value is -4.19. The Balaban J connectivity index is 1.81. The van der Waals surface area contributed by atoms with Gasteiger partial charge in [-0.2, -0.15) is 0 Å². The summed E-state index contributed by atoms with van der Waals surface area (Å²) in [6.07, 6.45) is 0. The van der Waals surface area contributed by atoms with Gasteiger partial charge in [-0.15, -0.1) is 0 Å². The Morgan fingerprint density at radius 3 is 2.39 bits per heavy atom. The van der Waals surface area contributed by atoms with Gasteiger partial charge in [0, 0.05) is 16.6 Å². The Labute approximate surface area is 179 Å². The fourth-order valence-corrected chi connectivity index (χ4v) is 3.28. The van der Waals surface area contributed by atoms with Gasteiger partial charge < -0.3 is 15.5 Å². The zero-order valence-corrected chi connectivity index (χ0v) is 17.2. The molecule has 6 heteroatoms. The summed E-state index contributed by atoms with van der Waals surface area (Å²) in [6.45, 7) is 3.94. The van der Waals surface area contributed by atoms with E-state index in [2.05, 4.69) is 10.3 Å². The van der Waals surface area contributed by atoms with E-state index in [4.69, 9.17) is 10.2 Å². The minimum absolute atomic E-state index is 0.174. The Morgan fingerprint density at radius 2 is 1.68 bits per heavy atom.